The van der Waals surface area contributed by atoms with Crippen LogP contribution in [0.15, 0.2) is 18.2 Å². The molecule has 0 aromatic heterocycles. The molecule has 1 saturated heterocycles. The highest BCUT2D eigenvalue weighted by Crippen LogP contribution is 2.27. The van der Waals surface area contributed by atoms with Crippen LogP contribution in [0.1, 0.15) is 24.0 Å². The Labute approximate surface area is 143 Å². The molecule has 134 valence electrons. The van der Waals surface area contributed by atoms with Gasteiger partial charge >= 0.3 is 0 Å². The molecule has 2 N–H and O–H groups in total. The van der Waals surface area contributed by atoms with Crippen molar-refractivity contribution in [3.63, 3.8) is 0 Å². The summed E-state index contributed by atoms with van der Waals surface area (Å²) in [5.41, 5.74) is 2.22. The van der Waals surface area contributed by atoms with Gasteiger partial charge in [-0.3, -0.25) is 4.79 Å². The van der Waals surface area contributed by atoms with Gasteiger partial charge in [0.1, 0.15) is 12.4 Å². The second-order valence-corrected chi connectivity index (χ2v) is 8.77. The van der Waals surface area contributed by atoms with Crippen molar-refractivity contribution in [3.05, 3.63) is 29.3 Å². The lowest BCUT2D eigenvalue weighted by atomic mass is 9.96. The minimum atomic E-state index is -3.48. The summed E-state index contributed by atoms with van der Waals surface area (Å²) in [5, 5.41) is 5.82. The van der Waals surface area contributed by atoms with E-state index in [1.807, 2.05) is 26.0 Å². The van der Waals surface area contributed by atoms with Crippen LogP contribution >= 0.6 is 0 Å². The Bertz CT molecular complexity index is 674. The number of amides is 1. The molecule has 1 amide bonds. The largest absolute Gasteiger partial charge is 0.492 e. The third-order valence-corrected chi connectivity index (χ3v) is 6.40. The van der Waals surface area contributed by atoms with Gasteiger partial charge in [-0.05, 0) is 63.0 Å². The van der Waals surface area contributed by atoms with Crippen molar-refractivity contribution in [2.45, 2.75) is 31.4 Å². The Balaban J connectivity index is 1.92. The maximum atomic E-state index is 12.5. The molecule has 1 aromatic rings. The van der Waals surface area contributed by atoms with Crippen molar-refractivity contribution in [1.82, 2.24) is 10.6 Å². The highest BCUT2D eigenvalue weighted by Gasteiger charge is 2.48. The van der Waals surface area contributed by atoms with E-state index in [2.05, 4.69) is 16.7 Å². The minimum Gasteiger partial charge on any atom is -0.492 e. The summed E-state index contributed by atoms with van der Waals surface area (Å²) in [5.74, 6) is 0.331. The summed E-state index contributed by atoms with van der Waals surface area (Å²) in [6.07, 6.45) is 1.75. The van der Waals surface area contributed by atoms with Crippen molar-refractivity contribution in [2.75, 3.05) is 32.5 Å². The Morgan fingerprint density at radius 3 is 2.33 bits per heavy atom. The van der Waals surface area contributed by atoms with Gasteiger partial charge in [0.2, 0.25) is 5.91 Å². The van der Waals surface area contributed by atoms with Gasteiger partial charge in [0, 0.05) is 6.26 Å². The number of carbonyl (C=O) groups is 1. The molecule has 0 saturated carbocycles. The van der Waals surface area contributed by atoms with E-state index < -0.39 is 20.5 Å². The standard InChI is InChI=1S/C17H26N2O4S/c1-13-10-14(2)12-15(11-13)23-9-8-19-16(20)17(24(3,21)22)4-6-18-7-5-17/h10-12,18H,4-9H2,1-3H3,(H,19,20). The Hall–Kier alpha value is -1.60. The number of ether oxygens (including phenoxy) is 1. The van der Waals surface area contributed by atoms with E-state index in [1.165, 1.54) is 0 Å². The highest BCUT2D eigenvalue weighted by atomic mass is 32.2. The predicted molar refractivity (Wildman–Crippen MR) is 94.1 cm³/mol. The number of carbonyl (C=O) groups excluding carboxylic acids is 1. The van der Waals surface area contributed by atoms with Gasteiger partial charge in [-0.2, -0.15) is 0 Å². The Morgan fingerprint density at radius 2 is 1.79 bits per heavy atom. The van der Waals surface area contributed by atoms with Crippen LogP contribution < -0.4 is 15.4 Å². The van der Waals surface area contributed by atoms with Crippen molar-refractivity contribution in [3.8, 4) is 5.75 Å². The fourth-order valence-corrected chi connectivity index (χ4v) is 4.46. The maximum Gasteiger partial charge on any atom is 0.241 e. The minimum absolute atomic E-state index is 0.274. The number of hydrogen-bond acceptors (Lipinski definition) is 5. The van der Waals surface area contributed by atoms with Gasteiger partial charge in [-0.1, -0.05) is 6.07 Å². The number of aryl methyl sites for hydroxylation is 2. The fourth-order valence-electron chi connectivity index (χ4n) is 3.11. The molecule has 0 bridgehead atoms. The summed E-state index contributed by atoms with van der Waals surface area (Å²) in [6, 6.07) is 5.92. The molecule has 1 aromatic carbocycles. The molecule has 1 fully saturated rings. The first-order valence-electron chi connectivity index (χ1n) is 8.14. The van der Waals surface area contributed by atoms with E-state index in [9.17, 15) is 13.2 Å². The first kappa shape index (κ1) is 18.7. The highest BCUT2D eigenvalue weighted by molar-refractivity contribution is 7.92. The van der Waals surface area contributed by atoms with Crippen LogP contribution in [0.2, 0.25) is 0 Å². The fraction of sp³-hybridized carbons (Fsp3) is 0.588. The zero-order valence-electron chi connectivity index (χ0n) is 14.5. The average Bonchev–Trinajstić information content (AvgIpc) is 2.50. The van der Waals surface area contributed by atoms with Crippen molar-refractivity contribution in [1.29, 1.82) is 0 Å². The van der Waals surface area contributed by atoms with Crippen LogP contribution in [0, 0.1) is 13.8 Å². The summed E-state index contributed by atoms with van der Waals surface area (Å²) in [6.45, 7) is 5.62. The summed E-state index contributed by atoms with van der Waals surface area (Å²) in [4.78, 5) is 12.5. The molecule has 0 aliphatic carbocycles. The molecule has 0 radical (unpaired) electrons. The van der Waals surface area contributed by atoms with Crippen LogP contribution in [0.3, 0.4) is 0 Å². The lowest BCUT2D eigenvalue weighted by Gasteiger charge is -2.34. The van der Waals surface area contributed by atoms with Crippen molar-refractivity contribution < 1.29 is 17.9 Å². The molecule has 6 nitrogen and oxygen atoms in total. The van der Waals surface area contributed by atoms with Crippen molar-refractivity contribution in [2.24, 2.45) is 0 Å². The topological polar surface area (TPSA) is 84.5 Å². The number of hydrogen-bond donors (Lipinski definition) is 2. The van der Waals surface area contributed by atoms with Crippen LogP contribution in [0.4, 0.5) is 0 Å². The Morgan fingerprint density at radius 1 is 1.21 bits per heavy atom. The molecule has 0 spiro atoms. The Kier molecular flexibility index (Phi) is 5.87. The van der Waals surface area contributed by atoms with Gasteiger partial charge in [0.25, 0.3) is 0 Å². The molecule has 1 aliphatic rings. The van der Waals surface area contributed by atoms with E-state index in [1.54, 1.807) is 0 Å². The third-order valence-electron chi connectivity index (χ3n) is 4.39. The van der Waals surface area contributed by atoms with Crippen LogP contribution in [-0.4, -0.2) is 51.6 Å². The first-order valence-corrected chi connectivity index (χ1v) is 10.0. The monoisotopic (exact) mass is 354 g/mol. The normalized spacial score (nSPS) is 17.3. The lowest BCUT2D eigenvalue weighted by molar-refractivity contribution is -0.124. The second kappa shape index (κ2) is 7.53. The van der Waals surface area contributed by atoms with Gasteiger partial charge in [0.05, 0.1) is 6.54 Å². The number of nitrogens with one attached hydrogen (secondary N) is 2. The molecule has 2 rings (SSSR count). The van der Waals surface area contributed by atoms with E-state index >= 15 is 0 Å². The van der Waals surface area contributed by atoms with Crippen LogP contribution in [0.5, 0.6) is 5.75 Å². The van der Waals surface area contributed by atoms with E-state index in [0.29, 0.717) is 32.5 Å². The number of piperidine rings is 1. The number of benzene rings is 1. The van der Waals surface area contributed by atoms with E-state index in [-0.39, 0.29) is 6.54 Å². The van der Waals surface area contributed by atoms with Crippen LogP contribution in [-0.2, 0) is 14.6 Å². The molecular formula is C17H26N2O4S. The molecule has 1 aliphatic heterocycles. The first-order chi connectivity index (χ1) is 11.2. The molecule has 24 heavy (non-hydrogen) atoms. The number of rotatable bonds is 6. The molecule has 0 atom stereocenters. The van der Waals surface area contributed by atoms with E-state index in [4.69, 9.17) is 4.74 Å². The van der Waals surface area contributed by atoms with Gasteiger partial charge in [-0.15, -0.1) is 0 Å². The average molecular weight is 354 g/mol. The summed E-state index contributed by atoms with van der Waals surface area (Å²) < 4.78 is 28.6. The maximum absolute atomic E-state index is 12.5. The van der Waals surface area contributed by atoms with E-state index in [0.717, 1.165) is 23.1 Å². The predicted octanol–water partition coefficient (Wildman–Crippen LogP) is 0.965. The molecule has 7 heteroatoms. The van der Waals surface area contributed by atoms with Gasteiger partial charge < -0.3 is 15.4 Å². The molecular weight excluding hydrogens is 328 g/mol. The van der Waals surface area contributed by atoms with Crippen molar-refractivity contribution >= 4 is 15.7 Å². The lowest BCUT2D eigenvalue weighted by Crippen LogP contribution is -2.57. The SMILES string of the molecule is Cc1cc(C)cc(OCCNC(=O)C2(S(C)(=O)=O)CCNCC2)c1. The van der Waals surface area contributed by atoms with Gasteiger partial charge in [-0.25, -0.2) is 8.42 Å². The smallest absolute Gasteiger partial charge is 0.241 e. The summed E-state index contributed by atoms with van der Waals surface area (Å²) in [7, 11) is -3.48. The van der Waals surface area contributed by atoms with Gasteiger partial charge in [0.15, 0.2) is 14.6 Å². The second-order valence-electron chi connectivity index (χ2n) is 6.44. The summed E-state index contributed by atoms with van der Waals surface area (Å²) >= 11 is 0. The zero-order chi connectivity index (χ0) is 17.8. The molecule has 1 heterocycles. The number of sulfone groups is 1. The quantitative estimate of drug-likeness (QED) is 0.744. The zero-order valence-corrected chi connectivity index (χ0v) is 15.3. The third kappa shape index (κ3) is 4.27. The van der Waals surface area contributed by atoms with Crippen LogP contribution in [0.25, 0.3) is 0 Å². The molecule has 0 unspecified atom stereocenters.